The van der Waals surface area contributed by atoms with Crippen molar-refractivity contribution in [2.45, 2.75) is 13.8 Å². The van der Waals surface area contributed by atoms with Crippen molar-refractivity contribution in [3.63, 3.8) is 0 Å². The molecule has 0 saturated carbocycles. The lowest BCUT2D eigenvalue weighted by atomic mass is 10.0. The molecule has 4 N–H and O–H groups in total. The van der Waals surface area contributed by atoms with E-state index in [0.717, 1.165) is 0 Å². The Labute approximate surface area is 110 Å². The van der Waals surface area contributed by atoms with E-state index in [9.17, 15) is 9.59 Å². The molecule has 0 aliphatic heterocycles. The highest BCUT2D eigenvalue weighted by Crippen LogP contribution is 2.13. The van der Waals surface area contributed by atoms with Crippen LogP contribution in [0.2, 0.25) is 0 Å². The zero-order valence-electron chi connectivity index (χ0n) is 10.8. The van der Waals surface area contributed by atoms with Gasteiger partial charge in [0, 0.05) is 19.1 Å². The van der Waals surface area contributed by atoms with Crippen molar-refractivity contribution in [2.24, 2.45) is 5.92 Å². The van der Waals surface area contributed by atoms with Crippen LogP contribution in [0, 0.1) is 12.8 Å². The molecule has 0 fully saturated rings. The van der Waals surface area contributed by atoms with Gasteiger partial charge in [0.05, 0.1) is 11.1 Å². The molecular formula is C13H18O6. The maximum absolute atomic E-state index is 10.6. The summed E-state index contributed by atoms with van der Waals surface area (Å²) in [6, 6.07) is 4.17. The van der Waals surface area contributed by atoms with Crippen LogP contribution in [-0.4, -0.2) is 45.6 Å². The lowest BCUT2D eigenvalue weighted by Gasteiger charge is -2.03. The van der Waals surface area contributed by atoms with E-state index in [1.165, 1.54) is 25.1 Å². The minimum absolute atomic E-state index is 0.0277. The van der Waals surface area contributed by atoms with Crippen molar-refractivity contribution in [1.29, 1.82) is 0 Å². The highest BCUT2D eigenvalue weighted by Gasteiger charge is 2.13. The predicted molar refractivity (Wildman–Crippen MR) is 68.4 cm³/mol. The van der Waals surface area contributed by atoms with Crippen molar-refractivity contribution < 1.29 is 30.0 Å². The Morgan fingerprint density at radius 2 is 1.42 bits per heavy atom. The van der Waals surface area contributed by atoms with E-state index in [4.69, 9.17) is 20.4 Å². The average Bonchev–Trinajstić information content (AvgIpc) is 2.38. The Balaban J connectivity index is 0.000000459. The number of carboxylic acid groups (broad SMARTS) is 2. The summed E-state index contributed by atoms with van der Waals surface area (Å²) in [5, 5.41) is 33.7. The smallest absolute Gasteiger partial charge is 0.335 e. The second-order valence-corrected chi connectivity index (χ2v) is 4.06. The molecule has 0 saturated heterocycles. The number of aliphatic hydroxyl groups is 2. The molecule has 0 aliphatic carbocycles. The zero-order chi connectivity index (χ0) is 15.0. The predicted octanol–water partition coefficient (Wildman–Crippen LogP) is 0.999. The van der Waals surface area contributed by atoms with Gasteiger partial charge in [-0.1, -0.05) is 13.0 Å². The molecule has 0 heterocycles. The highest BCUT2D eigenvalue weighted by molar-refractivity contribution is 5.96. The van der Waals surface area contributed by atoms with E-state index in [2.05, 4.69) is 0 Å². The summed E-state index contributed by atoms with van der Waals surface area (Å²) in [5.74, 6) is -2.17. The Morgan fingerprint density at radius 3 is 1.63 bits per heavy atom. The van der Waals surface area contributed by atoms with Crippen LogP contribution in [0.5, 0.6) is 0 Å². The first-order valence-electron chi connectivity index (χ1n) is 5.63. The zero-order valence-corrected chi connectivity index (χ0v) is 10.8. The van der Waals surface area contributed by atoms with Gasteiger partial charge >= 0.3 is 11.9 Å². The molecule has 106 valence electrons. The van der Waals surface area contributed by atoms with Gasteiger partial charge in [-0.3, -0.25) is 0 Å². The molecule has 1 rings (SSSR count). The van der Waals surface area contributed by atoms with Crippen LogP contribution in [0.4, 0.5) is 0 Å². The number of hydrogen-bond acceptors (Lipinski definition) is 4. The van der Waals surface area contributed by atoms with Crippen molar-refractivity contribution in [3.05, 3.63) is 34.9 Å². The van der Waals surface area contributed by atoms with Gasteiger partial charge in [0.25, 0.3) is 0 Å². The van der Waals surface area contributed by atoms with Gasteiger partial charge in [0.1, 0.15) is 0 Å². The van der Waals surface area contributed by atoms with Crippen LogP contribution >= 0.6 is 0 Å². The molecular weight excluding hydrogens is 252 g/mol. The third kappa shape index (κ3) is 5.50. The topological polar surface area (TPSA) is 115 Å². The maximum atomic E-state index is 10.6. The van der Waals surface area contributed by atoms with Crippen LogP contribution in [-0.2, 0) is 0 Å². The van der Waals surface area contributed by atoms with E-state index in [1.54, 1.807) is 6.92 Å². The molecule has 1 aromatic carbocycles. The normalized spacial score (nSPS) is 9.74. The summed E-state index contributed by atoms with van der Waals surface area (Å²) in [7, 11) is 0. The number of aliphatic hydroxyl groups excluding tert-OH is 2. The first-order valence-corrected chi connectivity index (χ1v) is 5.63. The summed E-state index contributed by atoms with van der Waals surface area (Å²) in [4.78, 5) is 21.2. The second-order valence-electron chi connectivity index (χ2n) is 4.06. The van der Waals surface area contributed by atoms with Gasteiger partial charge in [0.15, 0.2) is 0 Å². The van der Waals surface area contributed by atoms with Crippen LogP contribution < -0.4 is 0 Å². The van der Waals surface area contributed by atoms with E-state index in [0.29, 0.717) is 0 Å². The van der Waals surface area contributed by atoms with Gasteiger partial charge in [-0.15, -0.1) is 0 Å². The fraction of sp³-hybridized carbons (Fsp3) is 0.385. The lowest BCUT2D eigenvalue weighted by Crippen LogP contribution is -2.06. The summed E-state index contributed by atoms with van der Waals surface area (Å²) in [6.45, 7) is 3.42. The Morgan fingerprint density at radius 1 is 1.05 bits per heavy atom. The highest BCUT2D eigenvalue weighted by atomic mass is 16.4. The van der Waals surface area contributed by atoms with Crippen molar-refractivity contribution in [3.8, 4) is 0 Å². The van der Waals surface area contributed by atoms with E-state index in [-0.39, 0.29) is 35.8 Å². The number of rotatable bonds is 4. The third-order valence-electron chi connectivity index (χ3n) is 2.42. The summed E-state index contributed by atoms with van der Waals surface area (Å²) < 4.78 is 0. The molecule has 6 nitrogen and oxygen atoms in total. The minimum Gasteiger partial charge on any atom is -0.478 e. The monoisotopic (exact) mass is 270 g/mol. The van der Waals surface area contributed by atoms with Crippen LogP contribution in [0.1, 0.15) is 33.2 Å². The Bertz CT molecular complexity index is 405. The molecule has 0 aromatic heterocycles. The summed E-state index contributed by atoms with van der Waals surface area (Å²) in [5.41, 5.74) is 0.335. The Kier molecular flexibility index (Phi) is 7.40. The molecule has 1 aromatic rings. The van der Waals surface area contributed by atoms with Gasteiger partial charge < -0.3 is 20.4 Å². The van der Waals surface area contributed by atoms with Crippen molar-refractivity contribution in [2.75, 3.05) is 13.2 Å². The molecule has 0 atom stereocenters. The molecule has 6 heteroatoms. The minimum atomic E-state index is -1.11. The number of benzene rings is 1. The average molecular weight is 270 g/mol. The molecule has 0 bridgehead atoms. The maximum Gasteiger partial charge on any atom is 0.335 e. The molecule has 0 unspecified atom stereocenters. The standard InChI is InChI=1S/C9H8O4.C4H10O2/c1-5-6(8(10)11)3-2-4-7(5)9(12)13;1-4(2-5)3-6/h2-4H,1H3,(H,10,11)(H,12,13);4-6H,2-3H2,1H3. The van der Waals surface area contributed by atoms with Gasteiger partial charge in [0.2, 0.25) is 0 Å². The summed E-state index contributed by atoms with van der Waals surface area (Å²) in [6.07, 6.45) is 0. The number of aromatic carboxylic acids is 2. The fourth-order valence-corrected chi connectivity index (χ4v) is 1.16. The number of carboxylic acids is 2. The quantitative estimate of drug-likeness (QED) is 0.648. The largest absolute Gasteiger partial charge is 0.478 e. The summed E-state index contributed by atoms with van der Waals surface area (Å²) >= 11 is 0. The van der Waals surface area contributed by atoms with E-state index in [1.807, 2.05) is 0 Å². The second kappa shape index (κ2) is 8.23. The van der Waals surface area contributed by atoms with Gasteiger partial charge in [-0.25, -0.2) is 9.59 Å². The van der Waals surface area contributed by atoms with Crippen LogP contribution in [0.15, 0.2) is 18.2 Å². The third-order valence-corrected chi connectivity index (χ3v) is 2.42. The number of hydrogen-bond donors (Lipinski definition) is 4. The lowest BCUT2D eigenvalue weighted by molar-refractivity contribution is 0.0696. The first kappa shape index (κ1) is 17.1. The number of carbonyl (C=O) groups is 2. The Hall–Kier alpha value is -1.92. The van der Waals surface area contributed by atoms with Crippen LogP contribution in [0.3, 0.4) is 0 Å². The van der Waals surface area contributed by atoms with Gasteiger partial charge in [-0.2, -0.15) is 0 Å². The molecule has 0 radical (unpaired) electrons. The molecule has 0 spiro atoms. The first-order chi connectivity index (χ1) is 8.84. The SMILES string of the molecule is CC(CO)CO.Cc1c(C(=O)O)cccc1C(=O)O. The molecule has 19 heavy (non-hydrogen) atoms. The van der Waals surface area contributed by atoms with Crippen molar-refractivity contribution in [1.82, 2.24) is 0 Å². The molecule has 0 aliphatic rings. The molecule has 0 amide bonds. The van der Waals surface area contributed by atoms with E-state index < -0.39 is 11.9 Å². The fourth-order valence-electron chi connectivity index (χ4n) is 1.16. The van der Waals surface area contributed by atoms with Gasteiger partial charge in [-0.05, 0) is 24.6 Å². The van der Waals surface area contributed by atoms with Crippen LogP contribution in [0.25, 0.3) is 0 Å². The van der Waals surface area contributed by atoms with Crippen molar-refractivity contribution >= 4 is 11.9 Å². The van der Waals surface area contributed by atoms with E-state index >= 15 is 0 Å².